The third-order valence-corrected chi connectivity index (χ3v) is 4.40. The van der Waals surface area contributed by atoms with Crippen LogP contribution in [0.25, 0.3) is 0 Å². The van der Waals surface area contributed by atoms with Gasteiger partial charge in [0.1, 0.15) is 0 Å². The van der Waals surface area contributed by atoms with E-state index in [2.05, 4.69) is 54.7 Å². The van der Waals surface area contributed by atoms with Crippen molar-refractivity contribution in [3.63, 3.8) is 0 Å². The Bertz CT molecular complexity index is 594. The van der Waals surface area contributed by atoms with Gasteiger partial charge in [-0.05, 0) is 42.9 Å². The molecule has 110 valence electrons. The summed E-state index contributed by atoms with van der Waals surface area (Å²) in [5.74, 6) is 0. The maximum absolute atomic E-state index is 9.37. The normalized spacial score (nSPS) is 18.5. The summed E-state index contributed by atoms with van der Waals surface area (Å²) < 4.78 is 0. The van der Waals surface area contributed by atoms with Gasteiger partial charge in [0, 0.05) is 18.7 Å². The van der Waals surface area contributed by atoms with E-state index >= 15 is 0 Å². The zero-order valence-electron chi connectivity index (χ0n) is 12.5. The first-order chi connectivity index (χ1) is 10.3. The molecule has 0 amide bonds. The molecule has 2 heteroatoms. The summed E-state index contributed by atoms with van der Waals surface area (Å²) in [7, 11) is 0. The first-order valence-corrected chi connectivity index (χ1v) is 7.79. The Balaban J connectivity index is 1.81. The van der Waals surface area contributed by atoms with Crippen LogP contribution in [0.5, 0.6) is 0 Å². The lowest BCUT2D eigenvalue weighted by Gasteiger charge is -2.24. The molecule has 0 radical (unpaired) electrons. The van der Waals surface area contributed by atoms with Crippen molar-refractivity contribution in [2.75, 3.05) is 6.61 Å². The number of hydrogen-bond donors (Lipinski definition) is 2. The van der Waals surface area contributed by atoms with Crippen molar-refractivity contribution in [2.45, 2.75) is 38.3 Å². The topological polar surface area (TPSA) is 32.3 Å². The SMILES string of the molecule is Cc1ccc2c(c1)C(N[C@H](CCO)c1ccccc1)CC2. The third-order valence-electron chi connectivity index (χ3n) is 4.40. The molecule has 0 fully saturated rings. The second-order valence-electron chi connectivity index (χ2n) is 5.94. The minimum Gasteiger partial charge on any atom is -0.396 e. The fourth-order valence-corrected chi connectivity index (χ4v) is 3.30. The van der Waals surface area contributed by atoms with E-state index in [-0.39, 0.29) is 12.6 Å². The molecule has 21 heavy (non-hydrogen) atoms. The van der Waals surface area contributed by atoms with Crippen LogP contribution < -0.4 is 5.32 Å². The summed E-state index contributed by atoms with van der Waals surface area (Å²) >= 11 is 0. The number of benzene rings is 2. The minimum absolute atomic E-state index is 0.208. The second kappa shape index (κ2) is 6.42. The molecule has 0 heterocycles. The number of aliphatic hydroxyl groups is 1. The van der Waals surface area contributed by atoms with Crippen LogP contribution >= 0.6 is 0 Å². The Kier molecular flexibility index (Phi) is 4.37. The zero-order valence-corrected chi connectivity index (χ0v) is 12.5. The molecule has 2 aromatic rings. The number of rotatable bonds is 5. The smallest absolute Gasteiger partial charge is 0.0449 e. The fourth-order valence-electron chi connectivity index (χ4n) is 3.30. The monoisotopic (exact) mass is 281 g/mol. The van der Waals surface area contributed by atoms with Gasteiger partial charge in [0.15, 0.2) is 0 Å². The molecule has 2 N–H and O–H groups in total. The molecular weight excluding hydrogens is 258 g/mol. The molecule has 1 aliphatic rings. The van der Waals surface area contributed by atoms with Gasteiger partial charge in [0.2, 0.25) is 0 Å². The molecule has 2 atom stereocenters. The van der Waals surface area contributed by atoms with Crippen molar-refractivity contribution in [3.8, 4) is 0 Å². The third kappa shape index (κ3) is 3.17. The lowest BCUT2D eigenvalue weighted by molar-refractivity contribution is 0.258. The van der Waals surface area contributed by atoms with Crippen LogP contribution in [-0.4, -0.2) is 11.7 Å². The summed E-state index contributed by atoms with van der Waals surface area (Å²) in [4.78, 5) is 0. The molecule has 0 bridgehead atoms. The number of nitrogens with one attached hydrogen (secondary N) is 1. The summed E-state index contributed by atoms with van der Waals surface area (Å²) in [5, 5.41) is 13.1. The molecule has 1 aliphatic carbocycles. The van der Waals surface area contributed by atoms with Crippen molar-refractivity contribution in [2.24, 2.45) is 0 Å². The molecule has 0 aromatic heterocycles. The standard InChI is InChI=1S/C19H23NO/c1-14-7-8-15-9-10-19(17(15)13-14)20-18(11-12-21)16-5-3-2-4-6-16/h2-8,13,18-21H,9-12H2,1H3/t18-,19?/m1/s1. The van der Waals surface area contributed by atoms with Crippen molar-refractivity contribution in [1.82, 2.24) is 5.32 Å². The highest BCUT2D eigenvalue weighted by Gasteiger charge is 2.25. The van der Waals surface area contributed by atoms with Gasteiger partial charge in [-0.2, -0.15) is 0 Å². The molecule has 2 aromatic carbocycles. The van der Waals surface area contributed by atoms with Crippen LogP contribution in [0, 0.1) is 6.92 Å². The van der Waals surface area contributed by atoms with Gasteiger partial charge in [-0.15, -0.1) is 0 Å². The maximum Gasteiger partial charge on any atom is 0.0449 e. The average molecular weight is 281 g/mol. The van der Waals surface area contributed by atoms with Gasteiger partial charge in [-0.25, -0.2) is 0 Å². The van der Waals surface area contributed by atoms with E-state index < -0.39 is 0 Å². The highest BCUT2D eigenvalue weighted by Crippen LogP contribution is 2.34. The minimum atomic E-state index is 0.208. The Hall–Kier alpha value is -1.64. The van der Waals surface area contributed by atoms with E-state index in [9.17, 15) is 5.11 Å². The Morgan fingerprint density at radius 3 is 2.76 bits per heavy atom. The van der Waals surface area contributed by atoms with Crippen molar-refractivity contribution in [1.29, 1.82) is 0 Å². The van der Waals surface area contributed by atoms with E-state index in [4.69, 9.17) is 0 Å². The van der Waals surface area contributed by atoms with Crippen molar-refractivity contribution >= 4 is 0 Å². The number of hydrogen-bond acceptors (Lipinski definition) is 2. The quantitative estimate of drug-likeness (QED) is 0.876. The van der Waals surface area contributed by atoms with Crippen LogP contribution in [0.1, 0.15) is 47.2 Å². The summed E-state index contributed by atoms with van der Waals surface area (Å²) in [6.07, 6.45) is 3.04. The number of fused-ring (bicyclic) bond motifs is 1. The largest absolute Gasteiger partial charge is 0.396 e. The van der Waals surface area contributed by atoms with Gasteiger partial charge >= 0.3 is 0 Å². The van der Waals surface area contributed by atoms with E-state index in [1.165, 1.54) is 22.3 Å². The van der Waals surface area contributed by atoms with Gasteiger partial charge in [-0.1, -0.05) is 54.1 Å². The molecular formula is C19H23NO. The maximum atomic E-state index is 9.37. The first kappa shape index (κ1) is 14.3. The predicted molar refractivity (Wildman–Crippen MR) is 86.3 cm³/mol. The molecule has 3 rings (SSSR count). The fraction of sp³-hybridized carbons (Fsp3) is 0.368. The first-order valence-electron chi connectivity index (χ1n) is 7.79. The van der Waals surface area contributed by atoms with E-state index in [1.807, 2.05) is 6.07 Å². The molecule has 0 aliphatic heterocycles. The van der Waals surface area contributed by atoms with Crippen LogP contribution in [0.3, 0.4) is 0 Å². The molecule has 0 saturated heterocycles. The Labute approximate surface area is 126 Å². The van der Waals surface area contributed by atoms with Crippen molar-refractivity contribution in [3.05, 3.63) is 70.8 Å². The number of aliphatic hydroxyl groups excluding tert-OH is 1. The highest BCUT2D eigenvalue weighted by atomic mass is 16.3. The van der Waals surface area contributed by atoms with Crippen LogP contribution in [-0.2, 0) is 6.42 Å². The van der Waals surface area contributed by atoms with Crippen LogP contribution in [0.2, 0.25) is 0 Å². The van der Waals surface area contributed by atoms with Gasteiger partial charge in [0.05, 0.1) is 0 Å². The van der Waals surface area contributed by atoms with E-state index in [1.54, 1.807) is 0 Å². The van der Waals surface area contributed by atoms with E-state index in [0.717, 1.165) is 19.3 Å². The van der Waals surface area contributed by atoms with Crippen LogP contribution in [0.4, 0.5) is 0 Å². The van der Waals surface area contributed by atoms with E-state index in [0.29, 0.717) is 6.04 Å². The Morgan fingerprint density at radius 2 is 2.00 bits per heavy atom. The predicted octanol–water partition coefficient (Wildman–Crippen LogP) is 3.70. The average Bonchev–Trinajstić information content (AvgIpc) is 2.90. The van der Waals surface area contributed by atoms with Gasteiger partial charge in [-0.3, -0.25) is 0 Å². The van der Waals surface area contributed by atoms with Crippen LogP contribution in [0.15, 0.2) is 48.5 Å². The molecule has 0 saturated carbocycles. The lowest BCUT2D eigenvalue weighted by atomic mass is 10.00. The van der Waals surface area contributed by atoms with Crippen molar-refractivity contribution < 1.29 is 5.11 Å². The van der Waals surface area contributed by atoms with Gasteiger partial charge in [0.25, 0.3) is 0 Å². The Morgan fingerprint density at radius 1 is 1.19 bits per heavy atom. The summed E-state index contributed by atoms with van der Waals surface area (Å²) in [6.45, 7) is 2.36. The summed E-state index contributed by atoms with van der Waals surface area (Å²) in [6, 6.07) is 17.8. The second-order valence-corrected chi connectivity index (χ2v) is 5.94. The zero-order chi connectivity index (χ0) is 14.7. The lowest BCUT2D eigenvalue weighted by Crippen LogP contribution is -2.26. The molecule has 2 nitrogen and oxygen atoms in total. The van der Waals surface area contributed by atoms with Gasteiger partial charge < -0.3 is 10.4 Å². The molecule has 0 spiro atoms. The summed E-state index contributed by atoms with van der Waals surface area (Å²) in [5.41, 5.74) is 5.48. The highest BCUT2D eigenvalue weighted by molar-refractivity contribution is 5.38. The molecule has 1 unspecified atom stereocenters. The number of aryl methyl sites for hydroxylation is 2.